The highest BCUT2D eigenvalue weighted by Crippen LogP contribution is 2.39. The Morgan fingerprint density at radius 1 is 1.33 bits per heavy atom. The smallest absolute Gasteiger partial charge is 0.00967 e. The van der Waals surface area contributed by atoms with Gasteiger partial charge in [0.2, 0.25) is 0 Å². The molecule has 0 spiro atoms. The number of hydrogen-bond acceptors (Lipinski definition) is 2. The standard InChI is InChI=1S/C10H22N2/c1-9(2,3)12-8-10(7-11)5-4-6-10/h12H,4-8,11H2,1-3H3. The van der Waals surface area contributed by atoms with Crippen molar-refractivity contribution in [1.29, 1.82) is 0 Å². The summed E-state index contributed by atoms with van der Waals surface area (Å²) in [7, 11) is 0. The van der Waals surface area contributed by atoms with E-state index in [1.807, 2.05) is 0 Å². The molecule has 1 saturated carbocycles. The van der Waals surface area contributed by atoms with Crippen molar-refractivity contribution in [2.45, 2.75) is 45.6 Å². The molecule has 0 unspecified atom stereocenters. The molecular formula is C10H22N2. The van der Waals surface area contributed by atoms with Crippen LogP contribution < -0.4 is 11.1 Å². The lowest BCUT2D eigenvalue weighted by Crippen LogP contribution is -2.50. The topological polar surface area (TPSA) is 38.0 Å². The summed E-state index contributed by atoms with van der Waals surface area (Å²) >= 11 is 0. The molecule has 2 heteroatoms. The van der Waals surface area contributed by atoms with Crippen molar-refractivity contribution < 1.29 is 0 Å². The van der Waals surface area contributed by atoms with Crippen LogP contribution in [0.25, 0.3) is 0 Å². The fraction of sp³-hybridized carbons (Fsp3) is 1.00. The van der Waals surface area contributed by atoms with Crippen molar-refractivity contribution in [1.82, 2.24) is 5.32 Å². The van der Waals surface area contributed by atoms with Gasteiger partial charge >= 0.3 is 0 Å². The van der Waals surface area contributed by atoms with Crippen LogP contribution in [0.2, 0.25) is 0 Å². The first-order valence-electron chi connectivity index (χ1n) is 4.93. The molecule has 1 fully saturated rings. The molecule has 0 saturated heterocycles. The van der Waals surface area contributed by atoms with E-state index in [0.29, 0.717) is 5.41 Å². The average molecular weight is 170 g/mol. The third-order valence-electron chi connectivity index (χ3n) is 2.84. The SMILES string of the molecule is CC(C)(C)NCC1(CN)CCC1. The Bertz CT molecular complexity index is 137. The second kappa shape index (κ2) is 3.35. The Hall–Kier alpha value is -0.0800. The summed E-state index contributed by atoms with van der Waals surface area (Å²) in [5.74, 6) is 0. The van der Waals surface area contributed by atoms with Gasteiger partial charge in [-0.3, -0.25) is 0 Å². The van der Waals surface area contributed by atoms with Gasteiger partial charge in [0.05, 0.1) is 0 Å². The summed E-state index contributed by atoms with van der Waals surface area (Å²) in [5, 5.41) is 3.54. The van der Waals surface area contributed by atoms with Crippen LogP contribution in [0.1, 0.15) is 40.0 Å². The molecule has 0 heterocycles. The van der Waals surface area contributed by atoms with E-state index >= 15 is 0 Å². The van der Waals surface area contributed by atoms with E-state index < -0.39 is 0 Å². The number of nitrogens with one attached hydrogen (secondary N) is 1. The second-order valence-corrected chi connectivity index (χ2v) is 5.16. The van der Waals surface area contributed by atoms with Crippen LogP contribution >= 0.6 is 0 Å². The van der Waals surface area contributed by atoms with Gasteiger partial charge in [0.15, 0.2) is 0 Å². The molecule has 1 aliphatic rings. The summed E-state index contributed by atoms with van der Waals surface area (Å²) in [4.78, 5) is 0. The molecule has 72 valence electrons. The predicted octanol–water partition coefficient (Wildman–Crippen LogP) is 1.50. The Morgan fingerprint density at radius 3 is 2.17 bits per heavy atom. The minimum Gasteiger partial charge on any atom is -0.330 e. The van der Waals surface area contributed by atoms with E-state index in [-0.39, 0.29) is 5.54 Å². The molecule has 12 heavy (non-hydrogen) atoms. The molecule has 1 rings (SSSR count). The Morgan fingerprint density at radius 2 is 1.92 bits per heavy atom. The number of nitrogens with two attached hydrogens (primary N) is 1. The van der Waals surface area contributed by atoms with Gasteiger partial charge in [-0.15, -0.1) is 0 Å². The van der Waals surface area contributed by atoms with Gasteiger partial charge in [0.25, 0.3) is 0 Å². The fourth-order valence-corrected chi connectivity index (χ4v) is 1.58. The maximum Gasteiger partial charge on any atom is 0.00967 e. The molecule has 0 aromatic rings. The van der Waals surface area contributed by atoms with Crippen molar-refractivity contribution in [3.8, 4) is 0 Å². The predicted molar refractivity (Wildman–Crippen MR) is 53.1 cm³/mol. The van der Waals surface area contributed by atoms with Crippen molar-refractivity contribution in [2.24, 2.45) is 11.1 Å². The zero-order valence-corrected chi connectivity index (χ0v) is 8.61. The first-order valence-corrected chi connectivity index (χ1v) is 4.93. The van der Waals surface area contributed by atoms with Crippen molar-refractivity contribution in [2.75, 3.05) is 13.1 Å². The van der Waals surface area contributed by atoms with Gasteiger partial charge in [-0.2, -0.15) is 0 Å². The minimum atomic E-state index is 0.234. The summed E-state index contributed by atoms with van der Waals surface area (Å²) in [5.41, 5.74) is 6.43. The van der Waals surface area contributed by atoms with Crippen LogP contribution in [0.5, 0.6) is 0 Å². The van der Waals surface area contributed by atoms with Gasteiger partial charge in [0.1, 0.15) is 0 Å². The average Bonchev–Trinajstić information content (AvgIpc) is 1.84. The molecular weight excluding hydrogens is 148 g/mol. The largest absolute Gasteiger partial charge is 0.330 e. The van der Waals surface area contributed by atoms with Gasteiger partial charge in [-0.1, -0.05) is 6.42 Å². The summed E-state index contributed by atoms with van der Waals surface area (Å²) in [6.07, 6.45) is 3.99. The maximum absolute atomic E-state index is 5.76. The Balaban J connectivity index is 2.30. The van der Waals surface area contributed by atoms with Gasteiger partial charge in [0, 0.05) is 12.1 Å². The van der Waals surface area contributed by atoms with Crippen LogP contribution in [-0.4, -0.2) is 18.6 Å². The van der Waals surface area contributed by atoms with Crippen LogP contribution in [0, 0.1) is 5.41 Å². The van der Waals surface area contributed by atoms with Crippen molar-refractivity contribution >= 4 is 0 Å². The molecule has 0 aromatic heterocycles. The van der Waals surface area contributed by atoms with Gasteiger partial charge < -0.3 is 11.1 Å². The Kier molecular flexibility index (Phi) is 2.79. The molecule has 0 amide bonds. The summed E-state index contributed by atoms with van der Waals surface area (Å²) in [6.45, 7) is 8.55. The molecule has 0 atom stereocenters. The molecule has 1 aliphatic carbocycles. The second-order valence-electron chi connectivity index (χ2n) is 5.16. The zero-order chi connectivity index (χ0) is 9.24. The number of rotatable bonds is 3. The van der Waals surface area contributed by atoms with Gasteiger partial charge in [-0.25, -0.2) is 0 Å². The molecule has 0 radical (unpaired) electrons. The highest BCUT2D eigenvalue weighted by molar-refractivity contribution is 4.91. The first-order chi connectivity index (χ1) is 5.47. The normalized spacial score (nSPS) is 22.0. The summed E-state index contributed by atoms with van der Waals surface area (Å²) in [6, 6.07) is 0. The third kappa shape index (κ3) is 2.46. The molecule has 3 N–H and O–H groups in total. The fourth-order valence-electron chi connectivity index (χ4n) is 1.58. The van der Waals surface area contributed by atoms with Crippen LogP contribution in [-0.2, 0) is 0 Å². The van der Waals surface area contributed by atoms with E-state index in [4.69, 9.17) is 5.73 Å². The van der Waals surface area contributed by atoms with Crippen LogP contribution in [0.3, 0.4) is 0 Å². The van der Waals surface area contributed by atoms with E-state index in [1.54, 1.807) is 0 Å². The monoisotopic (exact) mass is 170 g/mol. The van der Waals surface area contributed by atoms with E-state index in [2.05, 4.69) is 26.1 Å². The molecule has 0 aromatic carbocycles. The van der Waals surface area contributed by atoms with E-state index in [1.165, 1.54) is 19.3 Å². The lowest BCUT2D eigenvalue weighted by Gasteiger charge is -2.43. The quantitative estimate of drug-likeness (QED) is 0.673. The van der Waals surface area contributed by atoms with Crippen LogP contribution in [0.4, 0.5) is 0 Å². The van der Waals surface area contributed by atoms with Crippen LogP contribution in [0.15, 0.2) is 0 Å². The zero-order valence-electron chi connectivity index (χ0n) is 8.61. The van der Waals surface area contributed by atoms with Crippen molar-refractivity contribution in [3.63, 3.8) is 0 Å². The third-order valence-corrected chi connectivity index (χ3v) is 2.84. The number of hydrogen-bond donors (Lipinski definition) is 2. The highest BCUT2D eigenvalue weighted by Gasteiger charge is 2.35. The lowest BCUT2D eigenvalue weighted by atomic mass is 9.68. The summed E-state index contributed by atoms with van der Waals surface area (Å²) < 4.78 is 0. The Labute approximate surface area is 75.9 Å². The minimum absolute atomic E-state index is 0.234. The van der Waals surface area contributed by atoms with E-state index in [0.717, 1.165) is 13.1 Å². The van der Waals surface area contributed by atoms with E-state index in [9.17, 15) is 0 Å². The van der Waals surface area contributed by atoms with Gasteiger partial charge in [-0.05, 0) is 45.6 Å². The molecule has 2 nitrogen and oxygen atoms in total. The first kappa shape index (κ1) is 10.0. The van der Waals surface area contributed by atoms with Crippen molar-refractivity contribution in [3.05, 3.63) is 0 Å². The molecule has 0 aliphatic heterocycles. The highest BCUT2D eigenvalue weighted by atomic mass is 15.0. The molecule has 0 bridgehead atoms. The lowest BCUT2D eigenvalue weighted by molar-refractivity contribution is 0.129. The maximum atomic E-state index is 5.76.